The Bertz CT molecular complexity index is 1000. The lowest BCUT2D eigenvalue weighted by atomic mass is 10.1. The largest absolute Gasteiger partial charge is 0.435 e. The van der Waals surface area contributed by atoms with Crippen LogP contribution in [0.25, 0.3) is 0 Å². The molecule has 156 valence electrons. The van der Waals surface area contributed by atoms with Crippen molar-refractivity contribution in [2.75, 3.05) is 5.06 Å². The molecule has 0 unspecified atom stereocenters. The average molecular weight is 426 g/mol. The van der Waals surface area contributed by atoms with Gasteiger partial charge in [0.2, 0.25) is 0 Å². The van der Waals surface area contributed by atoms with E-state index in [4.69, 9.17) is 4.84 Å². The number of anilines is 1. The molecule has 2 heterocycles. The van der Waals surface area contributed by atoms with Crippen LogP contribution in [0.1, 0.15) is 16.1 Å². The van der Waals surface area contributed by atoms with E-state index in [1.807, 2.05) is 0 Å². The minimum absolute atomic E-state index is 0.0279. The molecule has 12 heteroatoms. The molecular formula is C18H11F5N4O3. The first kappa shape index (κ1) is 20.9. The van der Waals surface area contributed by atoms with Gasteiger partial charge >= 0.3 is 12.8 Å². The fourth-order valence-corrected chi connectivity index (χ4v) is 2.32. The molecule has 0 bridgehead atoms. The van der Waals surface area contributed by atoms with E-state index in [1.165, 1.54) is 30.5 Å². The molecule has 0 aliphatic heterocycles. The minimum Gasteiger partial charge on any atom is -0.435 e. The van der Waals surface area contributed by atoms with Crippen LogP contribution >= 0.6 is 0 Å². The second-order valence-electron chi connectivity index (χ2n) is 5.54. The first-order chi connectivity index (χ1) is 14.3. The molecular weight excluding hydrogens is 415 g/mol. The van der Waals surface area contributed by atoms with Crippen molar-refractivity contribution in [3.8, 4) is 11.5 Å². The summed E-state index contributed by atoms with van der Waals surface area (Å²) in [5.41, 5.74) is -2.19. The van der Waals surface area contributed by atoms with Gasteiger partial charge in [-0.15, -0.1) is 5.06 Å². The molecule has 30 heavy (non-hydrogen) atoms. The van der Waals surface area contributed by atoms with Gasteiger partial charge in [0.15, 0.2) is 11.4 Å². The van der Waals surface area contributed by atoms with Gasteiger partial charge in [-0.25, -0.2) is 0 Å². The third-order valence-electron chi connectivity index (χ3n) is 3.54. The second kappa shape index (κ2) is 8.68. The fourth-order valence-electron chi connectivity index (χ4n) is 2.32. The number of ether oxygens (including phenoxy) is 1. The topological polar surface area (TPSA) is 77.4 Å². The van der Waals surface area contributed by atoms with Crippen LogP contribution in [0, 0.1) is 0 Å². The highest BCUT2D eigenvalue weighted by molar-refractivity contribution is 6.05. The van der Waals surface area contributed by atoms with E-state index in [-0.39, 0.29) is 17.2 Å². The number of hydrogen-bond donors (Lipinski definition) is 0. The van der Waals surface area contributed by atoms with Crippen molar-refractivity contribution in [3.05, 3.63) is 72.3 Å². The van der Waals surface area contributed by atoms with Crippen molar-refractivity contribution < 1.29 is 36.3 Å². The zero-order valence-electron chi connectivity index (χ0n) is 14.8. The van der Waals surface area contributed by atoms with Gasteiger partial charge in [0.1, 0.15) is 11.4 Å². The number of alkyl halides is 5. The Morgan fingerprint density at radius 1 is 0.967 bits per heavy atom. The Hall–Kier alpha value is -3.83. The zero-order chi connectivity index (χ0) is 21.7. The third kappa shape index (κ3) is 4.96. The number of rotatable bonds is 6. The van der Waals surface area contributed by atoms with E-state index < -0.39 is 30.0 Å². The lowest BCUT2D eigenvalue weighted by molar-refractivity contribution is -0.141. The number of pyridine rings is 1. The smallest absolute Gasteiger partial charge is 0.434 e. The summed E-state index contributed by atoms with van der Waals surface area (Å²) in [7, 11) is 0. The van der Waals surface area contributed by atoms with Crippen LogP contribution in [0.2, 0.25) is 0 Å². The molecule has 0 fully saturated rings. The van der Waals surface area contributed by atoms with Crippen molar-refractivity contribution in [1.29, 1.82) is 0 Å². The molecule has 0 spiro atoms. The predicted molar refractivity (Wildman–Crippen MR) is 91.8 cm³/mol. The van der Waals surface area contributed by atoms with Crippen molar-refractivity contribution >= 4 is 11.6 Å². The number of halogens is 5. The molecule has 0 aliphatic rings. The lowest BCUT2D eigenvalue weighted by Gasteiger charge is -2.23. The number of carbonyl (C=O) groups is 1. The third-order valence-corrected chi connectivity index (χ3v) is 3.54. The molecule has 0 saturated carbocycles. The van der Waals surface area contributed by atoms with E-state index in [2.05, 4.69) is 19.9 Å². The molecule has 1 aromatic carbocycles. The molecule has 0 atom stereocenters. The number of nitrogens with zero attached hydrogens (tertiary/aromatic N) is 4. The maximum atomic E-state index is 13.3. The normalized spacial score (nSPS) is 11.3. The lowest BCUT2D eigenvalue weighted by Crippen LogP contribution is -2.36. The Morgan fingerprint density at radius 2 is 1.67 bits per heavy atom. The molecule has 0 radical (unpaired) electrons. The maximum Gasteiger partial charge on any atom is 0.434 e. The predicted octanol–water partition coefficient (Wildman–Crippen LogP) is 4.13. The van der Waals surface area contributed by atoms with Gasteiger partial charge < -0.3 is 9.57 Å². The van der Waals surface area contributed by atoms with Gasteiger partial charge in [-0.3, -0.25) is 9.78 Å². The number of benzene rings is 1. The summed E-state index contributed by atoms with van der Waals surface area (Å²) in [4.78, 5) is 21.6. The Balaban J connectivity index is 1.96. The number of hydroxylamine groups is 1. The van der Waals surface area contributed by atoms with E-state index >= 15 is 0 Å². The van der Waals surface area contributed by atoms with Crippen LogP contribution in [0.15, 0.2) is 61.1 Å². The quantitative estimate of drug-likeness (QED) is 0.436. The van der Waals surface area contributed by atoms with Crippen LogP contribution in [0.5, 0.6) is 11.5 Å². The average Bonchev–Trinajstić information content (AvgIpc) is 2.72. The SMILES string of the molecule is O=C(c1cccnc1C(F)(F)F)N(Oc1ccc(OC(F)F)cc1)c1ccnnc1. The molecule has 3 aromatic rings. The van der Waals surface area contributed by atoms with Gasteiger partial charge in [0, 0.05) is 6.20 Å². The summed E-state index contributed by atoms with van der Waals surface area (Å²) < 4.78 is 68.6. The molecule has 3 rings (SSSR count). The summed E-state index contributed by atoms with van der Waals surface area (Å²) in [6.07, 6.45) is -1.69. The Labute approximate surface area is 165 Å². The van der Waals surface area contributed by atoms with Crippen molar-refractivity contribution in [1.82, 2.24) is 15.2 Å². The van der Waals surface area contributed by atoms with Gasteiger partial charge in [-0.1, -0.05) is 0 Å². The van der Waals surface area contributed by atoms with Crippen molar-refractivity contribution in [3.63, 3.8) is 0 Å². The van der Waals surface area contributed by atoms with Crippen molar-refractivity contribution in [2.45, 2.75) is 12.8 Å². The minimum atomic E-state index is -4.89. The first-order valence-electron chi connectivity index (χ1n) is 8.12. The van der Waals surface area contributed by atoms with Crippen LogP contribution in [0.3, 0.4) is 0 Å². The summed E-state index contributed by atoms with van der Waals surface area (Å²) in [6.45, 7) is -3.04. The van der Waals surface area contributed by atoms with Gasteiger partial charge in [-0.2, -0.15) is 32.1 Å². The summed E-state index contributed by atoms with van der Waals surface area (Å²) in [5, 5.41) is 7.68. The summed E-state index contributed by atoms with van der Waals surface area (Å²) in [6, 6.07) is 8.06. The monoisotopic (exact) mass is 426 g/mol. The standard InChI is InChI=1S/C18H11F5N4O3/c19-17(20)29-12-3-5-13(6-4-12)30-27(11-7-9-25-26-10-11)16(28)14-2-1-8-24-15(14)18(21,22)23/h1-10,17H. The highest BCUT2D eigenvalue weighted by atomic mass is 19.4. The van der Waals surface area contributed by atoms with Gasteiger partial charge in [0.25, 0.3) is 5.91 Å². The Morgan fingerprint density at radius 3 is 2.27 bits per heavy atom. The molecule has 2 aromatic heterocycles. The van der Waals surface area contributed by atoms with Crippen LogP contribution < -0.4 is 14.6 Å². The number of carbonyl (C=O) groups excluding carboxylic acids is 1. The van der Waals surface area contributed by atoms with Crippen molar-refractivity contribution in [2.24, 2.45) is 0 Å². The fraction of sp³-hybridized carbons (Fsp3) is 0.111. The van der Waals surface area contributed by atoms with E-state index in [0.717, 1.165) is 30.6 Å². The maximum absolute atomic E-state index is 13.3. The van der Waals surface area contributed by atoms with Gasteiger partial charge in [-0.05, 0) is 42.5 Å². The zero-order valence-corrected chi connectivity index (χ0v) is 14.8. The molecule has 0 N–H and O–H groups in total. The van der Waals surface area contributed by atoms with Crippen LogP contribution in [0.4, 0.5) is 27.6 Å². The highest BCUT2D eigenvalue weighted by Crippen LogP contribution is 2.32. The number of amides is 1. The number of hydrogen-bond acceptors (Lipinski definition) is 6. The summed E-state index contributed by atoms with van der Waals surface area (Å²) >= 11 is 0. The van der Waals surface area contributed by atoms with E-state index in [0.29, 0.717) is 5.06 Å². The number of aromatic nitrogens is 3. The molecule has 0 saturated heterocycles. The molecule has 0 aliphatic carbocycles. The van der Waals surface area contributed by atoms with Gasteiger partial charge in [0.05, 0.1) is 18.0 Å². The first-order valence-corrected chi connectivity index (χ1v) is 8.12. The van der Waals surface area contributed by atoms with Crippen LogP contribution in [-0.4, -0.2) is 27.7 Å². The summed E-state index contributed by atoms with van der Waals surface area (Å²) in [5.74, 6) is -1.40. The second-order valence-corrected chi connectivity index (χ2v) is 5.54. The Kier molecular flexibility index (Phi) is 6.04. The molecule has 7 nitrogen and oxygen atoms in total. The van der Waals surface area contributed by atoms with E-state index in [1.54, 1.807) is 0 Å². The van der Waals surface area contributed by atoms with Crippen LogP contribution in [-0.2, 0) is 6.18 Å². The molecule has 1 amide bonds. The highest BCUT2D eigenvalue weighted by Gasteiger charge is 2.38. The van der Waals surface area contributed by atoms with E-state index in [9.17, 15) is 26.7 Å².